The van der Waals surface area contributed by atoms with Crippen LogP contribution in [0.25, 0.3) is 16.2 Å². The van der Waals surface area contributed by atoms with E-state index < -0.39 is 0 Å². The lowest BCUT2D eigenvalue weighted by molar-refractivity contribution is 0.111. The molecule has 0 atom stereocenters. The molecule has 0 saturated heterocycles. The zero-order valence-corrected chi connectivity index (χ0v) is 13.7. The summed E-state index contributed by atoms with van der Waals surface area (Å²) in [5, 5.41) is 0. The van der Waals surface area contributed by atoms with Crippen LogP contribution in [0.3, 0.4) is 0 Å². The van der Waals surface area contributed by atoms with E-state index in [0.717, 1.165) is 34.7 Å². The molecule has 0 amide bonds. The maximum Gasteiger partial charge on any atom is 0.194 e. The zero-order valence-electron chi connectivity index (χ0n) is 12.9. The Labute approximate surface area is 133 Å². The van der Waals surface area contributed by atoms with Crippen LogP contribution in [0.2, 0.25) is 0 Å². The molecule has 0 unspecified atom stereocenters. The van der Waals surface area contributed by atoms with E-state index in [0.29, 0.717) is 5.69 Å². The minimum atomic E-state index is 0.153. The Morgan fingerprint density at radius 1 is 1.32 bits per heavy atom. The van der Waals surface area contributed by atoms with Crippen molar-refractivity contribution in [3.05, 3.63) is 41.0 Å². The van der Waals surface area contributed by atoms with Gasteiger partial charge >= 0.3 is 0 Å². The SMILES string of the molecule is CCc1sc2ncc(C=O)n2c1-c1ccc(OC(C)C)cc1. The molecule has 3 aromatic rings. The normalized spacial score (nSPS) is 11.3. The molecule has 114 valence electrons. The number of aromatic nitrogens is 2. The third-order valence-corrected chi connectivity index (χ3v) is 4.60. The number of benzene rings is 1. The molecule has 4 nitrogen and oxygen atoms in total. The van der Waals surface area contributed by atoms with Gasteiger partial charge in [0.05, 0.1) is 18.0 Å². The summed E-state index contributed by atoms with van der Waals surface area (Å²) in [5.74, 6) is 0.851. The molecule has 22 heavy (non-hydrogen) atoms. The molecule has 3 rings (SSSR count). The Hall–Kier alpha value is -2.14. The number of thiazole rings is 1. The van der Waals surface area contributed by atoms with Crippen molar-refractivity contribution < 1.29 is 9.53 Å². The lowest BCUT2D eigenvalue weighted by Gasteiger charge is -2.10. The molecule has 0 saturated carbocycles. The van der Waals surface area contributed by atoms with E-state index in [2.05, 4.69) is 11.9 Å². The number of aldehydes is 1. The largest absolute Gasteiger partial charge is 0.491 e. The molecule has 0 aliphatic rings. The highest BCUT2D eigenvalue weighted by molar-refractivity contribution is 7.17. The predicted octanol–water partition coefficient (Wildman–Crippen LogP) is 4.22. The third kappa shape index (κ3) is 2.52. The summed E-state index contributed by atoms with van der Waals surface area (Å²) in [6, 6.07) is 8.01. The van der Waals surface area contributed by atoms with E-state index in [9.17, 15) is 4.79 Å². The van der Waals surface area contributed by atoms with Crippen molar-refractivity contribution in [1.82, 2.24) is 9.38 Å². The Kier molecular flexibility index (Phi) is 3.98. The molecule has 0 radical (unpaired) electrons. The molecule has 0 spiro atoms. The van der Waals surface area contributed by atoms with Gasteiger partial charge in [0.1, 0.15) is 11.4 Å². The van der Waals surface area contributed by atoms with Gasteiger partial charge in [0.15, 0.2) is 11.2 Å². The number of rotatable bonds is 5. The van der Waals surface area contributed by atoms with Gasteiger partial charge in [-0.05, 0) is 50.1 Å². The van der Waals surface area contributed by atoms with Crippen molar-refractivity contribution in [3.8, 4) is 17.0 Å². The van der Waals surface area contributed by atoms with Crippen molar-refractivity contribution in [2.75, 3.05) is 0 Å². The van der Waals surface area contributed by atoms with Gasteiger partial charge in [-0.2, -0.15) is 0 Å². The summed E-state index contributed by atoms with van der Waals surface area (Å²) in [7, 11) is 0. The average Bonchev–Trinajstić information content (AvgIpc) is 3.05. The van der Waals surface area contributed by atoms with Gasteiger partial charge in [-0.1, -0.05) is 6.92 Å². The molecular formula is C17H18N2O2S. The van der Waals surface area contributed by atoms with Gasteiger partial charge in [-0.15, -0.1) is 11.3 Å². The highest BCUT2D eigenvalue weighted by Crippen LogP contribution is 2.33. The first-order valence-electron chi connectivity index (χ1n) is 7.35. The summed E-state index contributed by atoms with van der Waals surface area (Å²) in [4.78, 5) is 17.7. The van der Waals surface area contributed by atoms with Gasteiger partial charge in [-0.25, -0.2) is 4.98 Å². The first-order chi connectivity index (χ1) is 10.6. The van der Waals surface area contributed by atoms with E-state index in [1.807, 2.05) is 42.5 Å². The van der Waals surface area contributed by atoms with Gasteiger partial charge in [0.25, 0.3) is 0 Å². The fraction of sp³-hybridized carbons (Fsp3) is 0.294. The summed E-state index contributed by atoms with van der Waals surface area (Å²) < 4.78 is 7.63. The molecule has 5 heteroatoms. The van der Waals surface area contributed by atoms with E-state index in [-0.39, 0.29) is 6.10 Å². The predicted molar refractivity (Wildman–Crippen MR) is 89.0 cm³/mol. The van der Waals surface area contributed by atoms with Crippen LogP contribution < -0.4 is 4.74 Å². The Balaban J connectivity index is 2.11. The maximum absolute atomic E-state index is 11.3. The highest BCUT2D eigenvalue weighted by atomic mass is 32.1. The van der Waals surface area contributed by atoms with Gasteiger partial charge in [0, 0.05) is 4.88 Å². The summed E-state index contributed by atoms with van der Waals surface area (Å²) >= 11 is 1.63. The molecule has 0 N–H and O–H groups in total. The molecule has 2 aromatic heterocycles. The number of hydrogen-bond acceptors (Lipinski definition) is 4. The number of carbonyl (C=O) groups is 1. The summed E-state index contributed by atoms with van der Waals surface area (Å²) in [6.07, 6.45) is 3.54. The van der Waals surface area contributed by atoms with E-state index >= 15 is 0 Å². The number of aryl methyl sites for hydroxylation is 1. The van der Waals surface area contributed by atoms with E-state index in [1.165, 1.54) is 4.88 Å². The van der Waals surface area contributed by atoms with Crippen LogP contribution in [-0.4, -0.2) is 21.8 Å². The number of hydrogen-bond donors (Lipinski definition) is 0. The van der Waals surface area contributed by atoms with E-state index in [4.69, 9.17) is 4.74 Å². The van der Waals surface area contributed by atoms with Crippen molar-refractivity contribution in [2.24, 2.45) is 0 Å². The standard InChI is InChI=1S/C17H18N2O2S/c1-4-15-16(19-13(10-20)9-18-17(19)22-15)12-5-7-14(8-6-12)21-11(2)3/h5-11H,4H2,1-3H3. The second-order valence-electron chi connectivity index (χ2n) is 5.34. The molecular weight excluding hydrogens is 296 g/mol. The van der Waals surface area contributed by atoms with Gasteiger partial charge in [-0.3, -0.25) is 9.20 Å². The van der Waals surface area contributed by atoms with Gasteiger partial charge < -0.3 is 4.74 Å². The Morgan fingerprint density at radius 3 is 2.64 bits per heavy atom. The molecule has 1 aromatic carbocycles. The number of imidazole rings is 1. The number of carbonyl (C=O) groups excluding carboxylic acids is 1. The van der Waals surface area contributed by atoms with Crippen LogP contribution in [0.4, 0.5) is 0 Å². The number of nitrogens with zero attached hydrogens (tertiary/aromatic N) is 2. The van der Waals surface area contributed by atoms with Crippen LogP contribution in [0.1, 0.15) is 36.1 Å². The minimum Gasteiger partial charge on any atom is -0.491 e. The van der Waals surface area contributed by atoms with Crippen LogP contribution >= 0.6 is 11.3 Å². The Morgan fingerprint density at radius 2 is 2.05 bits per heavy atom. The molecule has 0 bridgehead atoms. The first-order valence-corrected chi connectivity index (χ1v) is 8.17. The lowest BCUT2D eigenvalue weighted by atomic mass is 10.1. The lowest BCUT2D eigenvalue weighted by Crippen LogP contribution is -2.05. The Bertz CT molecular complexity index is 800. The fourth-order valence-corrected chi connectivity index (χ4v) is 3.57. The second kappa shape index (κ2) is 5.93. The van der Waals surface area contributed by atoms with E-state index in [1.54, 1.807) is 17.5 Å². The summed E-state index contributed by atoms with van der Waals surface area (Å²) in [6.45, 7) is 6.13. The molecule has 0 fully saturated rings. The fourth-order valence-electron chi connectivity index (χ4n) is 2.50. The minimum absolute atomic E-state index is 0.153. The topological polar surface area (TPSA) is 43.6 Å². The monoisotopic (exact) mass is 314 g/mol. The quantitative estimate of drug-likeness (QED) is 0.662. The number of fused-ring (bicyclic) bond motifs is 1. The van der Waals surface area contributed by atoms with Crippen LogP contribution in [0.15, 0.2) is 30.5 Å². The van der Waals surface area contributed by atoms with Crippen molar-refractivity contribution in [3.63, 3.8) is 0 Å². The highest BCUT2D eigenvalue weighted by Gasteiger charge is 2.16. The summed E-state index contributed by atoms with van der Waals surface area (Å²) in [5.41, 5.74) is 2.71. The first kappa shape index (κ1) is 14.8. The molecule has 0 aliphatic heterocycles. The van der Waals surface area contributed by atoms with Crippen molar-refractivity contribution >= 4 is 22.6 Å². The second-order valence-corrected chi connectivity index (χ2v) is 6.40. The smallest absolute Gasteiger partial charge is 0.194 e. The van der Waals surface area contributed by atoms with Crippen molar-refractivity contribution in [2.45, 2.75) is 33.3 Å². The van der Waals surface area contributed by atoms with Crippen LogP contribution in [-0.2, 0) is 6.42 Å². The third-order valence-electron chi connectivity index (χ3n) is 3.40. The van der Waals surface area contributed by atoms with Crippen molar-refractivity contribution in [1.29, 1.82) is 0 Å². The van der Waals surface area contributed by atoms with Crippen LogP contribution in [0.5, 0.6) is 5.75 Å². The zero-order chi connectivity index (χ0) is 15.7. The maximum atomic E-state index is 11.3. The molecule has 0 aliphatic carbocycles. The number of ether oxygens (including phenoxy) is 1. The molecule has 2 heterocycles. The average molecular weight is 314 g/mol. The van der Waals surface area contributed by atoms with Gasteiger partial charge in [0.2, 0.25) is 0 Å². The van der Waals surface area contributed by atoms with Crippen LogP contribution in [0, 0.1) is 0 Å².